The van der Waals surface area contributed by atoms with Crippen LogP contribution in [0.4, 0.5) is 0 Å². The number of nitrogens with zero attached hydrogens (tertiary/aromatic N) is 2. The van der Waals surface area contributed by atoms with E-state index in [-0.39, 0.29) is 17.0 Å². The van der Waals surface area contributed by atoms with E-state index in [1.54, 1.807) is 17.7 Å². The maximum absolute atomic E-state index is 11.7. The number of hydrogen-bond acceptors (Lipinski definition) is 3. The van der Waals surface area contributed by atoms with Crippen molar-refractivity contribution in [2.75, 3.05) is 0 Å². The molecule has 0 bridgehead atoms. The third-order valence-corrected chi connectivity index (χ3v) is 2.98. The highest BCUT2D eigenvalue weighted by molar-refractivity contribution is 6.30. The molecular formula is C13H13ClN4O. The molecule has 0 fully saturated rings. The van der Waals surface area contributed by atoms with Gasteiger partial charge in [0.15, 0.2) is 5.69 Å². The Morgan fingerprint density at radius 3 is 2.63 bits per heavy atom. The van der Waals surface area contributed by atoms with Crippen LogP contribution in [0.3, 0.4) is 0 Å². The molecule has 0 radical (unpaired) electrons. The predicted octanol–water partition coefficient (Wildman–Crippen LogP) is 1.79. The van der Waals surface area contributed by atoms with Crippen molar-refractivity contribution in [3.8, 4) is 5.69 Å². The van der Waals surface area contributed by atoms with Gasteiger partial charge in [0.1, 0.15) is 5.84 Å². The highest BCUT2D eigenvalue weighted by Gasteiger charge is 2.11. The number of nitrogens with one attached hydrogen (secondary N) is 1. The highest BCUT2D eigenvalue weighted by Crippen LogP contribution is 2.19. The van der Waals surface area contributed by atoms with E-state index in [9.17, 15) is 4.79 Å². The molecule has 2 rings (SSSR count). The van der Waals surface area contributed by atoms with E-state index in [1.807, 2.05) is 19.1 Å². The highest BCUT2D eigenvalue weighted by atomic mass is 35.5. The maximum atomic E-state index is 11.7. The summed E-state index contributed by atoms with van der Waals surface area (Å²) in [6.07, 6.45) is 0. The molecule has 1 aromatic carbocycles. The zero-order chi connectivity index (χ0) is 14.2. The molecule has 3 N–H and O–H groups in total. The van der Waals surface area contributed by atoms with E-state index in [4.69, 9.17) is 22.7 Å². The Kier molecular flexibility index (Phi) is 3.40. The van der Waals surface area contributed by atoms with Gasteiger partial charge in [-0.05, 0) is 37.6 Å². The predicted molar refractivity (Wildman–Crippen MR) is 75.3 cm³/mol. The van der Waals surface area contributed by atoms with Crippen LogP contribution in [0.25, 0.3) is 5.69 Å². The van der Waals surface area contributed by atoms with E-state index < -0.39 is 0 Å². The molecule has 1 aromatic heterocycles. The summed E-state index contributed by atoms with van der Waals surface area (Å²) in [4.78, 5) is 11.7. The summed E-state index contributed by atoms with van der Waals surface area (Å²) in [6.45, 7) is 3.67. The lowest BCUT2D eigenvalue weighted by Crippen LogP contribution is -2.27. The fourth-order valence-corrected chi connectivity index (χ4v) is 2.06. The van der Waals surface area contributed by atoms with Crippen LogP contribution in [0.5, 0.6) is 0 Å². The van der Waals surface area contributed by atoms with E-state index in [1.165, 1.54) is 6.07 Å². The fourth-order valence-electron chi connectivity index (χ4n) is 1.83. The van der Waals surface area contributed by atoms with Crippen molar-refractivity contribution >= 4 is 17.4 Å². The van der Waals surface area contributed by atoms with E-state index in [2.05, 4.69) is 5.10 Å². The third kappa shape index (κ3) is 2.51. The average molecular weight is 277 g/mol. The van der Waals surface area contributed by atoms with Gasteiger partial charge in [-0.15, -0.1) is 0 Å². The molecular weight excluding hydrogens is 264 g/mol. The average Bonchev–Trinajstić information content (AvgIpc) is 2.30. The molecule has 0 aliphatic rings. The number of hydrogen-bond donors (Lipinski definition) is 2. The Bertz CT molecular complexity index is 721. The number of nitrogens with two attached hydrogens (primary N) is 1. The lowest BCUT2D eigenvalue weighted by Gasteiger charge is -2.13. The summed E-state index contributed by atoms with van der Waals surface area (Å²) in [5, 5.41) is 12.1. The molecule has 2 aromatic rings. The smallest absolute Gasteiger partial charge is 0.211 e. The molecule has 0 saturated carbocycles. The third-order valence-electron chi connectivity index (χ3n) is 2.75. The summed E-state index contributed by atoms with van der Waals surface area (Å²) in [6, 6.07) is 6.78. The molecule has 0 amide bonds. The minimum absolute atomic E-state index is 0.0556. The molecule has 5 nitrogen and oxygen atoms in total. The molecule has 98 valence electrons. The van der Waals surface area contributed by atoms with Crippen molar-refractivity contribution < 1.29 is 0 Å². The van der Waals surface area contributed by atoms with E-state index in [0.717, 1.165) is 11.3 Å². The first-order chi connectivity index (χ1) is 8.90. The minimum Gasteiger partial charge on any atom is -0.382 e. The molecule has 1 heterocycles. The van der Waals surface area contributed by atoms with Gasteiger partial charge < -0.3 is 5.73 Å². The second-order valence-corrected chi connectivity index (χ2v) is 4.69. The number of halogens is 1. The van der Waals surface area contributed by atoms with Gasteiger partial charge in [-0.25, -0.2) is 4.68 Å². The summed E-state index contributed by atoms with van der Waals surface area (Å²) in [5.41, 5.74) is 7.33. The van der Waals surface area contributed by atoms with E-state index in [0.29, 0.717) is 10.7 Å². The van der Waals surface area contributed by atoms with Crippen molar-refractivity contribution in [2.24, 2.45) is 5.73 Å². The van der Waals surface area contributed by atoms with Gasteiger partial charge in [0, 0.05) is 16.8 Å². The first-order valence-electron chi connectivity index (χ1n) is 5.62. The Hall–Kier alpha value is -2.14. The van der Waals surface area contributed by atoms with Crippen molar-refractivity contribution in [1.82, 2.24) is 9.78 Å². The number of rotatable bonds is 2. The SMILES string of the molecule is Cc1cc(Cl)ccc1-n1nc(C(=N)N)c(=O)cc1C. The van der Waals surface area contributed by atoms with Crippen molar-refractivity contribution in [1.29, 1.82) is 5.41 Å². The molecule has 0 spiro atoms. The van der Waals surface area contributed by atoms with Gasteiger partial charge in [0.25, 0.3) is 0 Å². The zero-order valence-corrected chi connectivity index (χ0v) is 11.3. The topological polar surface area (TPSA) is 84.8 Å². The molecule has 6 heteroatoms. The van der Waals surface area contributed by atoms with Crippen molar-refractivity contribution in [2.45, 2.75) is 13.8 Å². The monoisotopic (exact) mass is 276 g/mol. The summed E-state index contributed by atoms with van der Waals surface area (Å²) in [5.74, 6) is -0.342. The second kappa shape index (κ2) is 4.85. The van der Waals surface area contributed by atoms with Crippen LogP contribution in [0.2, 0.25) is 5.02 Å². The van der Waals surface area contributed by atoms with Gasteiger partial charge in [-0.3, -0.25) is 10.2 Å². The Morgan fingerprint density at radius 2 is 2.05 bits per heavy atom. The van der Waals surface area contributed by atoms with Gasteiger partial charge in [-0.1, -0.05) is 11.6 Å². The minimum atomic E-state index is -0.354. The van der Waals surface area contributed by atoms with Crippen LogP contribution in [0, 0.1) is 19.3 Å². The summed E-state index contributed by atoms with van der Waals surface area (Å²) < 4.78 is 1.59. The van der Waals surface area contributed by atoms with Crippen LogP contribution in [0.1, 0.15) is 17.0 Å². The van der Waals surface area contributed by atoms with E-state index >= 15 is 0 Å². The molecule has 0 atom stereocenters. The lowest BCUT2D eigenvalue weighted by molar-refractivity contribution is 0.787. The van der Waals surface area contributed by atoms with Gasteiger partial charge in [-0.2, -0.15) is 5.10 Å². The van der Waals surface area contributed by atoms with Gasteiger partial charge >= 0.3 is 0 Å². The molecule has 0 aliphatic heterocycles. The number of aryl methyl sites for hydroxylation is 2. The Morgan fingerprint density at radius 1 is 1.37 bits per heavy atom. The number of benzene rings is 1. The zero-order valence-electron chi connectivity index (χ0n) is 10.6. The largest absolute Gasteiger partial charge is 0.382 e. The van der Waals surface area contributed by atoms with Crippen LogP contribution in [0.15, 0.2) is 29.1 Å². The van der Waals surface area contributed by atoms with Crippen molar-refractivity contribution in [3.63, 3.8) is 0 Å². The first kappa shape index (κ1) is 13.3. The van der Waals surface area contributed by atoms with Gasteiger partial charge in [0.2, 0.25) is 5.43 Å². The number of amidine groups is 1. The van der Waals surface area contributed by atoms with Crippen molar-refractivity contribution in [3.05, 3.63) is 56.5 Å². The molecule has 19 heavy (non-hydrogen) atoms. The Balaban J connectivity index is 2.71. The standard InChI is InChI=1S/C13H13ClN4O/c1-7-5-9(14)3-4-10(7)18-8(2)6-11(19)12(17-18)13(15)16/h3-6H,1-2H3,(H3,15,16). The second-order valence-electron chi connectivity index (χ2n) is 4.25. The number of aromatic nitrogens is 2. The van der Waals surface area contributed by atoms with Gasteiger partial charge in [0.05, 0.1) is 5.69 Å². The maximum Gasteiger partial charge on any atom is 0.211 e. The van der Waals surface area contributed by atoms with Crippen LogP contribution in [-0.2, 0) is 0 Å². The lowest BCUT2D eigenvalue weighted by atomic mass is 10.2. The quantitative estimate of drug-likeness (QED) is 0.648. The molecule has 0 aliphatic carbocycles. The van der Waals surface area contributed by atoms with Crippen LogP contribution >= 0.6 is 11.6 Å². The number of nitrogen functional groups attached to an aromatic ring is 1. The Labute approximate surface area is 115 Å². The first-order valence-corrected chi connectivity index (χ1v) is 6.00. The fraction of sp³-hybridized carbons (Fsp3) is 0.154. The summed E-state index contributed by atoms with van der Waals surface area (Å²) >= 11 is 5.92. The van der Waals surface area contributed by atoms with Crippen LogP contribution in [-0.4, -0.2) is 15.6 Å². The molecule has 0 saturated heterocycles. The normalized spacial score (nSPS) is 10.5. The summed E-state index contributed by atoms with van der Waals surface area (Å²) in [7, 11) is 0. The van der Waals surface area contributed by atoms with Crippen LogP contribution < -0.4 is 11.2 Å². The molecule has 0 unspecified atom stereocenters.